The van der Waals surface area contributed by atoms with Crippen molar-refractivity contribution in [3.8, 4) is 0 Å². The molecule has 3 nitrogen and oxygen atoms in total. The van der Waals surface area contributed by atoms with Crippen molar-refractivity contribution in [2.24, 2.45) is 5.41 Å². The molecule has 1 aromatic rings. The molecule has 2 rings (SSSR count). The zero-order valence-corrected chi connectivity index (χ0v) is 14.0. The van der Waals surface area contributed by atoms with E-state index in [2.05, 4.69) is 0 Å². The number of carbonyl (C=O) groups excluding carboxylic acids is 1. The minimum atomic E-state index is -0.442. The van der Waals surface area contributed by atoms with Crippen molar-refractivity contribution in [2.45, 2.75) is 53.2 Å². The van der Waals surface area contributed by atoms with Crippen LogP contribution in [0.1, 0.15) is 46.1 Å². The lowest BCUT2D eigenvalue weighted by Gasteiger charge is -2.34. The Morgan fingerprint density at radius 3 is 2.55 bits per heavy atom. The van der Waals surface area contributed by atoms with Crippen LogP contribution in [0.3, 0.4) is 0 Å². The summed E-state index contributed by atoms with van der Waals surface area (Å²) in [6, 6.07) is 10.0. The van der Waals surface area contributed by atoms with E-state index in [-0.39, 0.29) is 11.9 Å². The van der Waals surface area contributed by atoms with Gasteiger partial charge in [0.15, 0.2) is 5.78 Å². The molecule has 1 aromatic carbocycles. The van der Waals surface area contributed by atoms with Gasteiger partial charge in [0.25, 0.3) is 0 Å². The third-order valence-corrected chi connectivity index (χ3v) is 4.12. The first-order valence-corrected chi connectivity index (χ1v) is 7.95. The zero-order chi connectivity index (χ0) is 16.2. The van der Waals surface area contributed by atoms with Crippen molar-refractivity contribution in [2.75, 3.05) is 6.61 Å². The highest BCUT2D eigenvalue weighted by molar-refractivity contribution is 6.00. The van der Waals surface area contributed by atoms with E-state index in [9.17, 15) is 4.79 Å². The maximum atomic E-state index is 12.7. The summed E-state index contributed by atoms with van der Waals surface area (Å²) in [5, 5.41) is 0. The first kappa shape index (κ1) is 16.8. The third-order valence-electron chi connectivity index (χ3n) is 4.12. The van der Waals surface area contributed by atoms with Crippen LogP contribution in [0.2, 0.25) is 0 Å². The molecule has 0 fully saturated rings. The first-order chi connectivity index (χ1) is 10.4. The van der Waals surface area contributed by atoms with Crippen molar-refractivity contribution in [3.05, 3.63) is 47.2 Å². The standard InChI is InChI=1S/C19H26O3/c1-14(2)22-17-10-11-19(4,18(20)15(17)3)13-21-12-16-8-6-5-7-9-16/h5-9,14H,10-13H2,1-4H3/t19-/m1/s1. The van der Waals surface area contributed by atoms with Crippen LogP contribution in [0.15, 0.2) is 41.7 Å². The van der Waals surface area contributed by atoms with Gasteiger partial charge in [-0.1, -0.05) is 37.3 Å². The Morgan fingerprint density at radius 2 is 1.91 bits per heavy atom. The van der Waals surface area contributed by atoms with Gasteiger partial charge < -0.3 is 9.47 Å². The Kier molecular flexibility index (Phi) is 5.41. The Labute approximate surface area is 133 Å². The average molecular weight is 302 g/mol. The topological polar surface area (TPSA) is 35.5 Å². The molecule has 0 aliphatic heterocycles. The highest BCUT2D eigenvalue weighted by Crippen LogP contribution is 2.37. The molecular weight excluding hydrogens is 276 g/mol. The van der Waals surface area contributed by atoms with Crippen molar-refractivity contribution in [3.63, 3.8) is 0 Å². The van der Waals surface area contributed by atoms with Gasteiger partial charge in [-0.25, -0.2) is 0 Å². The molecule has 120 valence electrons. The SMILES string of the molecule is CC1=C(OC(C)C)CC[C@](C)(COCc2ccccc2)C1=O. The van der Waals surface area contributed by atoms with Gasteiger partial charge in [0.1, 0.15) is 5.76 Å². The fourth-order valence-corrected chi connectivity index (χ4v) is 2.81. The van der Waals surface area contributed by atoms with Gasteiger partial charge in [0, 0.05) is 12.0 Å². The Morgan fingerprint density at radius 1 is 1.23 bits per heavy atom. The number of hydrogen-bond acceptors (Lipinski definition) is 3. The molecule has 0 heterocycles. The third kappa shape index (κ3) is 3.98. The highest BCUT2D eigenvalue weighted by atomic mass is 16.5. The van der Waals surface area contributed by atoms with E-state index >= 15 is 0 Å². The smallest absolute Gasteiger partial charge is 0.170 e. The van der Waals surface area contributed by atoms with Gasteiger partial charge in [-0.3, -0.25) is 4.79 Å². The van der Waals surface area contributed by atoms with E-state index in [0.29, 0.717) is 13.2 Å². The van der Waals surface area contributed by atoms with E-state index in [1.807, 2.05) is 58.0 Å². The largest absolute Gasteiger partial charge is 0.495 e. The molecule has 0 radical (unpaired) electrons. The van der Waals surface area contributed by atoms with E-state index in [1.54, 1.807) is 0 Å². The summed E-state index contributed by atoms with van der Waals surface area (Å²) >= 11 is 0. The van der Waals surface area contributed by atoms with Crippen LogP contribution in [0.25, 0.3) is 0 Å². The number of ether oxygens (including phenoxy) is 2. The molecule has 0 aromatic heterocycles. The summed E-state index contributed by atoms with van der Waals surface area (Å²) in [7, 11) is 0. The van der Waals surface area contributed by atoms with Crippen LogP contribution in [0, 0.1) is 5.41 Å². The van der Waals surface area contributed by atoms with Gasteiger partial charge >= 0.3 is 0 Å². The Hall–Kier alpha value is -1.61. The lowest BCUT2D eigenvalue weighted by Crippen LogP contribution is -2.37. The van der Waals surface area contributed by atoms with Crippen molar-refractivity contribution in [1.29, 1.82) is 0 Å². The summed E-state index contributed by atoms with van der Waals surface area (Å²) in [5.74, 6) is 1.00. The summed E-state index contributed by atoms with van der Waals surface area (Å²) in [4.78, 5) is 12.7. The molecule has 0 saturated carbocycles. The lowest BCUT2D eigenvalue weighted by atomic mass is 9.74. The molecular formula is C19H26O3. The summed E-state index contributed by atoms with van der Waals surface area (Å²) in [6.45, 7) is 8.84. The molecule has 3 heteroatoms. The summed E-state index contributed by atoms with van der Waals surface area (Å²) in [6.07, 6.45) is 1.69. The van der Waals surface area contributed by atoms with Gasteiger partial charge in [0.2, 0.25) is 0 Å². The number of allylic oxidation sites excluding steroid dienone is 2. The van der Waals surface area contributed by atoms with Crippen molar-refractivity contribution >= 4 is 5.78 Å². The summed E-state index contributed by atoms with van der Waals surface area (Å²) in [5.41, 5.74) is 1.44. The predicted molar refractivity (Wildman–Crippen MR) is 87.4 cm³/mol. The van der Waals surface area contributed by atoms with Crippen LogP contribution in [0.5, 0.6) is 0 Å². The number of rotatable bonds is 6. The van der Waals surface area contributed by atoms with Crippen LogP contribution >= 0.6 is 0 Å². The molecule has 0 unspecified atom stereocenters. The molecule has 1 aliphatic rings. The van der Waals surface area contributed by atoms with Gasteiger partial charge in [-0.05, 0) is 32.8 Å². The summed E-state index contributed by atoms with van der Waals surface area (Å²) < 4.78 is 11.6. The number of hydrogen-bond donors (Lipinski definition) is 0. The highest BCUT2D eigenvalue weighted by Gasteiger charge is 2.39. The lowest BCUT2D eigenvalue weighted by molar-refractivity contribution is -0.129. The zero-order valence-electron chi connectivity index (χ0n) is 14.0. The second-order valence-electron chi connectivity index (χ2n) is 6.58. The number of ketones is 1. The van der Waals surface area contributed by atoms with Crippen LogP contribution in [-0.2, 0) is 20.9 Å². The van der Waals surface area contributed by atoms with E-state index in [4.69, 9.17) is 9.47 Å². The fourth-order valence-electron chi connectivity index (χ4n) is 2.81. The molecule has 22 heavy (non-hydrogen) atoms. The maximum absolute atomic E-state index is 12.7. The Balaban J connectivity index is 1.96. The fraction of sp³-hybridized carbons (Fsp3) is 0.526. The molecule has 1 aliphatic carbocycles. The quantitative estimate of drug-likeness (QED) is 0.787. The average Bonchev–Trinajstić information content (AvgIpc) is 2.49. The maximum Gasteiger partial charge on any atom is 0.170 e. The predicted octanol–water partition coefficient (Wildman–Crippen LogP) is 4.27. The van der Waals surface area contributed by atoms with E-state index < -0.39 is 5.41 Å². The molecule has 0 N–H and O–H groups in total. The Bertz CT molecular complexity index is 545. The molecule has 1 atom stereocenters. The molecule has 0 spiro atoms. The van der Waals surface area contributed by atoms with E-state index in [1.165, 1.54) is 0 Å². The molecule has 0 bridgehead atoms. The number of Topliss-reactive ketones (excluding diaryl/α,β-unsaturated/α-hetero) is 1. The van der Waals surface area contributed by atoms with Crippen LogP contribution in [0.4, 0.5) is 0 Å². The normalized spacial score (nSPS) is 22.3. The van der Waals surface area contributed by atoms with Crippen molar-refractivity contribution in [1.82, 2.24) is 0 Å². The van der Waals surface area contributed by atoms with Crippen LogP contribution in [-0.4, -0.2) is 18.5 Å². The monoisotopic (exact) mass is 302 g/mol. The molecule has 0 saturated heterocycles. The number of benzene rings is 1. The van der Waals surface area contributed by atoms with Gasteiger partial charge in [0.05, 0.1) is 24.7 Å². The minimum absolute atomic E-state index is 0.108. The van der Waals surface area contributed by atoms with Crippen molar-refractivity contribution < 1.29 is 14.3 Å². The van der Waals surface area contributed by atoms with Gasteiger partial charge in [-0.2, -0.15) is 0 Å². The second kappa shape index (κ2) is 7.10. The molecule has 0 amide bonds. The van der Waals surface area contributed by atoms with E-state index in [0.717, 1.165) is 29.7 Å². The number of carbonyl (C=O) groups is 1. The van der Waals surface area contributed by atoms with Gasteiger partial charge in [-0.15, -0.1) is 0 Å². The first-order valence-electron chi connectivity index (χ1n) is 7.95. The second-order valence-corrected chi connectivity index (χ2v) is 6.58. The van der Waals surface area contributed by atoms with Crippen LogP contribution < -0.4 is 0 Å². The minimum Gasteiger partial charge on any atom is -0.495 e.